The summed E-state index contributed by atoms with van der Waals surface area (Å²) in [5, 5.41) is 0. The van der Waals surface area contributed by atoms with E-state index in [0.717, 1.165) is 50.4 Å². The highest BCUT2D eigenvalue weighted by molar-refractivity contribution is 5.85. The van der Waals surface area contributed by atoms with Crippen LogP contribution in [0.4, 0.5) is 0 Å². The van der Waals surface area contributed by atoms with Gasteiger partial charge < -0.3 is 9.47 Å². The topological polar surface area (TPSA) is 69.7 Å². The van der Waals surface area contributed by atoms with Crippen LogP contribution in [0, 0.1) is 11.8 Å². The Bertz CT molecular complexity index is 549. The molecule has 0 saturated heterocycles. The molecule has 40 heavy (non-hydrogen) atoms. The first-order chi connectivity index (χ1) is 19.3. The van der Waals surface area contributed by atoms with Gasteiger partial charge in [0, 0.05) is 12.8 Å². The molecule has 0 aromatic carbocycles. The summed E-state index contributed by atoms with van der Waals surface area (Å²) in [6.07, 6.45) is 27.8. The van der Waals surface area contributed by atoms with Crippen LogP contribution in [0.15, 0.2) is 0 Å². The smallest absolute Gasteiger partial charge is 0.306 e. The van der Waals surface area contributed by atoms with Gasteiger partial charge in [0.05, 0.1) is 0 Å². The standard InChI is InChI=1S/C35H66O5/c1-31(2)25-21-17-13-9-5-7-11-15-19-23-27-34(37)39-29-33(36)30-40-35(38)28-24-20-16-12-8-6-10-14-18-22-26-32(3)4/h31-32H,5-30H2,1-4H3. The zero-order valence-electron chi connectivity index (χ0n) is 27.1. The average molecular weight is 567 g/mol. The second-order valence-corrected chi connectivity index (χ2v) is 12.8. The van der Waals surface area contributed by atoms with Crippen molar-refractivity contribution in [2.24, 2.45) is 11.8 Å². The zero-order valence-corrected chi connectivity index (χ0v) is 27.1. The van der Waals surface area contributed by atoms with E-state index in [9.17, 15) is 14.4 Å². The van der Waals surface area contributed by atoms with Gasteiger partial charge in [0.15, 0.2) is 13.2 Å². The van der Waals surface area contributed by atoms with Gasteiger partial charge in [0.2, 0.25) is 5.78 Å². The van der Waals surface area contributed by atoms with Gasteiger partial charge in [-0.2, -0.15) is 0 Å². The van der Waals surface area contributed by atoms with Gasteiger partial charge in [-0.05, 0) is 24.7 Å². The zero-order chi connectivity index (χ0) is 29.7. The average Bonchev–Trinajstić information content (AvgIpc) is 2.91. The first-order valence-corrected chi connectivity index (χ1v) is 17.1. The summed E-state index contributed by atoms with van der Waals surface area (Å²) in [5.41, 5.74) is 0. The van der Waals surface area contributed by atoms with Crippen molar-refractivity contribution < 1.29 is 23.9 Å². The van der Waals surface area contributed by atoms with E-state index in [1.165, 1.54) is 103 Å². The predicted octanol–water partition coefficient (Wildman–Crippen LogP) is 10.3. The lowest BCUT2D eigenvalue weighted by molar-refractivity contribution is -0.153. The fourth-order valence-corrected chi connectivity index (χ4v) is 4.98. The predicted molar refractivity (Wildman–Crippen MR) is 167 cm³/mol. The molecule has 0 aromatic rings. The second kappa shape index (κ2) is 29.1. The Morgan fingerprint density at radius 3 is 0.925 bits per heavy atom. The number of carbonyl (C=O) groups is 3. The number of hydrogen-bond acceptors (Lipinski definition) is 5. The molecule has 0 rings (SSSR count). The molecular weight excluding hydrogens is 500 g/mol. The summed E-state index contributed by atoms with van der Waals surface area (Å²) < 4.78 is 10.1. The van der Waals surface area contributed by atoms with Gasteiger partial charge in [0.1, 0.15) is 0 Å². The van der Waals surface area contributed by atoms with Crippen LogP contribution in [-0.4, -0.2) is 30.9 Å². The van der Waals surface area contributed by atoms with Gasteiger partial charge in [0.25, 0.3) is 0 Å². The van der Waals surface area contributed by atoms with Crippen molar-refractivity contribution >= 4 is 17.7 Å². The molecule has 0 atom stereocenters. The van der Waals surface area contributed by atoms with Gasteiger partial charge >= 0.3 is 11.9 Å². The van der Waals surface area contributed by atoms with Crippen molar-refractivity contribution in [1.82, 2.24) is 0 Å². The molecule has 0 radical (unpaired) electrons. The lowest BCUT2D eigenvalue weighted by Gasteiger charge is -2.06. The molecule has 0 fully saturated rings. The minimum atomic E-state index is -0.366. The van der Waals surface area contributed by atoms with Crippen LogP contribution >= 0.6 is 0 Å². The summed E-state index contributed by atoms with van der Waals surface area (Å²) in [7, 11) is 0. The Hall–Kier alpha value is -1.39. The molecule has 0 aliphatic carbocycles. The first kappa shape index (κ1) is 38.6. The van der Waals surface area contributed by atoms with E-state index < -0.39 is 0 Å². The molecule has 0 unspecified atom stereocenters. The largest absolute Gasteiger partial charge is 0.458 e. The van der Waals surface area contributed by atoms with Crippen LogP contribution in [0.2, 0.25) is 0 Å². The van der Waals surface area contributed by atoms with E-state index in [2.05, 4.69) is 27.7 Å². The SMILES string of the molecule is CC(C)CCCCCCCCCCCCC(=O)OCC(=O)COC(=O)CCCCCCCCCCCCC(C)C. The molecule has 0 spiro atoms. The number of esters is 2. The number of unbranched alkanes of at least 4 members (excludes halogenated alkanes) is 18. The Morgan fingerprint density at radius 2 is 0.650 bits per heavy atom. The van der Waals surface area contributed by atoms with Crippen molar-refractivity contribution in [1.29, 1.82) is 0 Å². The number of ether oxygens (including phenoxy) is 2. The maximum absolute atomic E-state index is 11.9. The van der Waals surface area contributed by atoms with Gasteiger partial charge in [-0.15, -0.1) is 0 Å². The number of rotatable bonds is 30. The van der Waals surface area contributed by atoms with E-state index in [4.69, 9.17) is 9.47 Å². The highest BCUT2D eigenvalue weighted by Crippen LogP contribution is 2.15. The maximum Gasteiger partial charge on any atom is 0.306 e. The summed E-state index contributed by atoms with van der Waals surface area (Å²) >= 11 is 0. The lowest BCUT2D eigenvalue weighted by Crippen LogP contribution is -2.20. The van der Waals surface area contributed by atoms with Crippen molar-refractivity contribution in [2.45, 2.75) is 182 Å². The molecule has 236 valence electrons. The third-order valence-corrected chi connectivity index (χ3v) is 7.61. The second-order valence-electron chi connectivity index (χ2n) is 12.8. The Morgan fingerprint density at radius 1 is 0.400 bits per heavy atom. The van der Waals surface area contributed by atoms with E-state index >= 15 is 0 Å². The van der Waals surface area contributed by atoms with Crippen molar-refractivity contribution in [2.75, 3.05) is 13.2 Å². The molecule has 0 aliphatic rings. The van der Waals surface area contributed by atoms with Crippen LogP contribution in [0.3, 0.4) is 0 Å². The molecule has 5 nitrogen and oxygen atoms in total. The van der Waals surface area contributed by atoms with Crippen LogP contribution in [0.5, 0.6) is 0 Å². The minimum absolute atomic E-state index is 0.305. The highest BCUT2D eigenvalue weighted by Gasteiger charge is 2.11. The molecule has 0 aliphatic heterocycles. The number of Topliss-reactive ketones (excluding diaryl/α,β-unsaturated/α-hetero) is 1. The summed E-state index contributed by atoms with van der Waals surface area (Å²) in [5.74, 6) is 0.603. The highest BCUT2D eigenvalue weighted by atomic mass is 16.6. The third-order valence-electron chi connectivity index (χ3n) is 7.61. The molecule has 0 bridgehead atoms. The van der Waals surface area contributed by atoms with Crippen LogP contribution in [-0.2, 0) is 23.9 Å². The fourth-order valence-electron chi connectivity index (χ4n) is 4.98. The quantitative estimate of drug-likeness (QED) is 0.0639. The molecule has 0 N–H and O–H groups in total. The molecule has 0 aromatic heterocycles. The van der Waals surface area contributed by atoms with Crippen LogP contribution in [0.1, 0.15) is 182 Å². The van der Waals surface area contributed by atoms with Gasteiger partial charge in [-0.1, -0.05) is 156 Å². The Labute approximate surface area is 248 Å². The Balaban J connectivity index is 3.42. The maximum atomic E-state index is 11.9. The fraction of sp³-hybridized carbons (Fsp3) is 0.914. The third kappa shape index (κ3) is 31.1. The number of ketones is 1. The number of hydrogen-bond donors (Lipinski definition) is 0. The molecule has 5 heteroatoms. The normalized spacial score (nSPS) is 11.3. The van der Waals surface area contributed by atoms with Crippen molar-refractivity contribution in [3.05, 3.63) is 0 Å². The molecule has 0 amide bonds. The molecule has 0 saturated carbocycles. The van der Waals surface area contributed by atoms with E-state index in [1.54, 1.807) is 0 Å². The monoisotopic (exact) mass is 566 g/mol. The summed E-state index contributed by atoms with van der Waals surface area (Å²) in [4.78, 5) is 35.6. The van der Waals surface area contributed by atoms with Gasteiger partial charge in [-0.3, -0.25) is 14.4 Å². The van der Waals surface area contributed by atoms with Crippen molar-refractivity contribution in [3.63, 3.8) is 0 Å². The van der Waals surface area contributed by atoms with Crippen molar-refractivity contribution in [3.8, 4) is 0 Å². The molecular formula is C35H66O5. The first-order valence-electron chi connectivity index (χ1n) is 17.1. The summed E-state index contributed by atoms with van der Waals surface area (Å²) in [6.45, 7) is 8.56. The van der Waals surface area contributed by atoms with Gasteiger partial charge in [-0.25, -0.2) is 0 Å². The van der Waals surface area contributed by atoms with Crippen LogP contribution in [0.25, 0.3) is 0 Å². The lowest BCUT2D eigenvalue weighted by atomic mass is 10.0. The molecule has 0 heterocycles. The van der Waals surface area contributed by atoms with Crippen LogP contribution < -0.4 is 0 Å². The van der Waals surface area contributed by atoms with E-state index in [1.807, 2.05) is 0 Å². The van der Waals surface area contributed by atoms with E-state index in [0.29, 0.717) is 12.8 Å². The Kier molecular flexibility index (Phi) is 28.1. The number of carbonyl (C=O) groups excluding carboxylic acids is 3. The minimum Gasteiger partial charge on any atom is -0.458 e. The van der Waals surface area contributed by atoms with E-state index in [-0.39, 0.29) is 30.9 Å². The summed E-state index contributed by atoms with van der Waals surface area (Å²) in [6, 6.07) is 0.